The van der Waals surface area contributed by atoms with Gasteiger partial charge in [0.25, 0.3) is 0 Å². The van der Waals surface area contributed by atoms with E-state index in [1.54, 1.807) is 0 Å². The summed E-state index contributed by atoms with van der Waals surface area (Å²) in [6.45, 7) is 1.86. The number of rotatable bonds is 4. The summed E-state index contributed by atoms with van der Waals surface area (Å²) in [6, 6.07) is 21.0. The molecule has 2 aromatic rings. The summed E-state index contributed by atoms with van der Waals surface area (Å²) in [4.78, 5) is 0. The molecule has 2 nitrogen and oxygen atoms in total. The summed E-state index contributed by atoms with van der Waals surface area (Å²) in [5.41, 5.74) is 2.45. The van der Waals surface area contributed by atoms with Crippen LogP contribution in [0.1, 0.15) is 30.1 Å². The smallest absolute Gasteiger partial charge is 0.662 e. The molecule has 0 spiro atoms. The van der Waals surface area contributed by atoms with Gasteiger partial charge in [0.1, 0.15) is 6.10 Å². The van der Waals surface area contributed by atoms with Crippen molar-refractivity contribution in [3.05, 3.63) is 77.1 Å². The van der Waals surface area contributed by atoms with Crippen molar-refractivity contribution < 1.29 is 23.6 Å². The molecule has 0 aliphatic carbocycles. The molecule has 2 aromatic carbocycles. The van der Waals surface area contributed by atoms with Gasteiger partial charge in [0.2, 0.25) is 0 Å². The molecule has 0 aromatic heterocycles. The van der Waals surface area contributed by atoms with Crippen LogP contribution in [0.5, 0.6) is 0 Å². The summed E-state index contributed by atoms with van der Waals surface area (Å²) < 4.78 is 6.40. The van der Waals surface area contributed by atoms with Gasteiger partial charge in [-0.3, -0.25) is 0 Å². The van der Waals surface area contributed by atoms with Gasteiger partial charge in [-0.25, -0.2) is 0 Å². The summed E-state index contributed by atoms with van der Waals surface area (Å²) in [6.07, 6.45) is 2.42. The Morgan fingerprint density at radius 3 is 1.76 bits per heavy atom. The zero-order valence-electron chi connectivity index (χ0n) is 12.6. The molecular weight excluding hydrogens is 253 g/mol. The van der Waals surface area contributed by atoms with Crippen LogP contribution >= 0.6 is 0 Å². The Morgan fingerprint density at radius 2 is 1.29 bits per heavy atom. The minimum Gasteiger partial charge on any atom is -0.662 e. The first-order chi connectivity index (χ1) is 9.93. The molecule has 104 valence electrons. The molecule has 0 amide bonds. The molecule has 21 heavy (non-hydrogen) atoms. The number of nitrogens with zero attached hydrogens (tertiary/aromatic N) is 1. The largest absolute Gasteiger partial charge is 1.00 e. The predicted molar refractivity (Wildman–Crippen MR) is 81.9 cm³/mol. The van der Waals surface area contributed by atoms with Gasteiger partial charge in [0.05, 0.1) is 6.10 Å². The third-order valence-electron chi connectivity index (χ3n) is 3.75. The zero-order valence-corrected chi connectivity index (χ0v) is 12.6. The van der Waals surface area contributed by atoms with Crippen LogP contribution in [-0.4, -0.2) is 19.2 Å². The number of ether oxygens (including phenoxy) is 1. The van der Waals surface area contributed by atoms with Gasteiger partial charge in [0, 0.05) is 0 Å². The van der Waals surface area contributed by atoms with Crippen LogP contribution in [0.4, 0.5) is 0 Å². The second-order valence-corrected chi connectivity index (χ2v) is 5.21. The van der Waals surface area contributed by atoms with Crippen LogP contribution < -0.4 is 18.9 Å². The monoisotopic (exact) mass is 273 g/mol. The van der Waals surface area contributed by atoms with E-state index < -0.39 is 0 Å². The molecule has 0 bridgehead atoms. The number of hydrogen-bond donors (Lipinski definition) is 0. The number of piperidine rings is 1. The zero-order chi connectivity index (χ0) is 13.6. The normalized spacial score (nSPS) is 15.7. The molecule has 1 saturated heterocycles. The van der Waals surface area contributed by atoms with Crippen LogP contribution in [-0.2, 0) is 4.74 Å². The van der Waals surface area contributed by atoms with Crippen LogP contribution in [0, 0.1) is 0 Å². The molecule has 1 aliphatic heterocycles. The van der Waals surface area contributed by atoms with Crippen molar-refractivity contribution in [3.63, 3.8) is 0 Å². The van der Waals surface area contributed by atoms with E-state index in [0.717, 1.165) is 25.9 Å². The predicted octanol–water partition coefficient (Wildman–Crippen LogP) is 1.33. The fourth-order valence-corrected chi connectivity index (χ4v) is 2.66. The van der Waals surface area contributed by atoms with Gasteiger partial charge in [-0.05, 0) is 24.0 Å². The van der Waals surface area contributed by atoms with Crippen LogP contribution in [0.25, 0.3) is 5.32 Å². The van der Waals surface area contributed by atoms with Crippen molar-refractivity contribution in [2.24, 2.45) is 0 Å². The molecule has 0 N–H and O–H groups in total. The molecule has 1 fully saturated rings. The van der Waals surface area contributed by atoms with Gasteiger partial charge < -0.3 is 10.1 Å². The average molecular weight is 273 g/mol. The first kappa shape index (κ1) is 16.3. The maximum Gasteiger partial charge on any atom is 1.00 e. The van der Waals surface area contributed by atoms with Gasteiger partial charge in [-0.15, -0.1) is 13.1 Å². The molecule has 0 saturated carbocycles. The van der Waals surface area contributed by atoms with Crippen molar-refractivity contribution in [2.75, 3.05) is 13.1 Å². The SMILES string of the molecule is [Li+].c1ccc(C(OC2CC[N-]CC2)c2ccccc2)cc1. The Balaban J connectivity index is 0.00000161. The molecule has 3 rings (SSSR count). The minimum atomic E-state index is 0. The molecule has 0 atom stereocenters. The topological polar surface area (TPSA) is 23.3 Å². The summed E-state index contributed by atoms with van der Waals surface area (Å²) in [5, 5.41) is 4.40. The molecule has 0 radical (unpaired) electrons. The summed E-state index contributed by atoms with van der Waals surface area (Å²) in [7, 11) is 0. The van der Waals surface area contributed by atoms with Crippen LogP contribution in [0.15, 0.2) is 60.7 Å². The van der Waals surface area contributed by atoms with Crippen LogP contribution in [0.3, 0.4) is 0 Å². The van der Waals surface area contributed by atoms with Crippen molar-refractivity contribution >= 4 is 0 Å². The molecular formula is C18H20LiNO. The molecule has 3 heteroatoms. The number of benzene rings is 2. The van der Waals surface area contributed by atoms with E-state index in [9.17, 15) is 0 Å². The minimum absolute atomic E-state index is 0. The van der Waals surface area contributed by atoms with Crippen molar-refractivity contribution in [3.8, 4) is 0 Å². The summed E-state index contributed by atoms with van der Waals surface area (Å²) >= 11 is 0. The van der Waals surface area contributed by atoms with E-state index in [1.165, 1.54) is 11.1 Å². The van der Waals surface area contributed by atoms with E-state index in [4.69, 9.17) is 4.74 Å². The van der Waals surface area contributed by atoms with E-state index in [1.807, 2.05) is 12.1 Å². The fourth-order valence-electron chi connectivity index (χ4n) is 2.66. The Bertz CT molecular complexity index is 472. The second-order valence-electron chi connectivity index (χ2n) is 5.21. The maximum atomic E-state index is 6.40. The fraction of sp³-hybridized carbons (Fsp3) is 0.333. The van der Waals surface area contributed by atoms with E-state index >= 15 is 0 Å². The molecule has 0 unspecified atom stereocenters. The quantitative estimate of drug-likeness (QED) is 0.771. The van der Waals surface area contributed by atoms with Crippen molar-refractivity contribution in [1.82, 2.24) is 0 Å². The summed E-state index contributed by atoms with van der Waals surface area (Å²) in [5.74, 6) is 0. The second kappa shape index (κ2) is 8.41. The van der Waals surface area contributed by atoms with E-state index in [2.05, 4.69) is 53.8 Å². The van der Waals surface area contributed by atoms with Gasteiger partial charge in [-0.2, -0.15) is 0 Å². The standard InChI is InChI=1S/C18H20NO.Li/c1-3-7-15(8-4-1)18(16-9-5-2-6-10-16)20-17-11-13-19-14-12-17;/h1-10,17-18H,11-14H2;/q-1;+1. The average Bonchev–Trinajstić information content (AvgIpc) is 2.55. The van der Waals surface area contributed by atoms with Gasteiger partial charge >= 0.3 is 18.9 Å². The molecule has 1 aliphatic rings. The maximum absolute atomic E-state index is 6.40. The Kier molecular flexibility index (Phi) is 6.54. The first-order valence-electron chi connectivity index (χ1n) is 7.32. The Labute approximate surface area is 139 Å². The van der Waals surface area contributed by atoms with Crippen molar-refractivity contribution in [2.45, 2.75) is 25.0 Å². The third-order valence-corrected chi connectivity index (χ3v) is 3.75. The van der Waals surface area contributed by atoms with Crippen molar-refractivity contribution in [1.29, 1.82) is 0 Å². The third kappa shape index (κ3) is 4.46. The van der Waals surface area contributed by atoms with Crippen LogP contribution in [0.2, 0.25) is 0 Å². The number of hydrogen-bond acceptors (Lipinski definition) is 1. The first-order valence-corrected chi connectivity index (χ1v) is 7.32. The van der Waals surface area contributed by atoms with Gasteiger partial charge in [-0.1, -0.05) is 60.7 Å². The Morgan fingerprint density at radius 1 is 0.810 bits per heavy atom. The molecule has 1 heterocycles. The van der Waals surface area contributed by atoms with E-state index in [-0.39, 0.29) is 25.0 Å². The van der Waals surface area contributed by atoms with E-state index in [0.29, 0.717) is 6.10 Å². The Hall–Kier alpha value is -1.04. The van der Waals surface area contributed by atoms with Gasteiger partial charge in [0.15, 0.2) is 0 Å².